The number of halogens is 4. The lowest BCUT2D eigenvalue weighted by molar-refractivity contribution is -0.145. The maximum atomic E-state index is 13.5. The molecule has 2 aromatic rings. The number of ether oxygens (including phenoxy) is 2. The molecule has 1 saturated heterocycles. The van der Waals surface area contributed by atoms with Gasteiger partial charge >= 0.3 is 12.1 Å². The highest BCUT2D eigenvalue weighted by molar-refractivity contribution is 6.31. The van der Waals surface area contributed by atoms with Crippen molar-refractivity contribution in [3.8, 4) is 11.5 Å². The highest BCUT2D eigenvalue weighted by atomic mass is 35.5. The van der Waals surface area contributed by atoms with Gasteiger partial charge in [-0.2, -0.15) is 13.2 Å². The number of hydrogen-bond acceptors (Lipinski definition) is 4. The molecule has 9 heteroatoms. The number of likely N-dealkylation sites (tertiary alicyclic amines) is 1. The SMILES string of the molecule is COc1ccc(C(c2ccc(Cl)c(C(F)(F)F)c2)N2CCCCC2C(=O)O)cc1OC. The van der Waals surface area contributed by atoms with Crippen LogP contribution in [0.5, 0.6) is 11.5 Å². The Bertz CT molecular complexity index is 951. The Kier molecular flexibility index (Phi) is 7.01. The molecular weight excluding hydrogens is 435 g/mol. The van der Waals surface area contributed by atoms with Gasteiger partial charge in [-0.3, -0.25) is 9.69 Å². The molecule has 1 fully saturated rings. The lowest BCUT2D eigenvalue weighted by Crippen LogP contribution is -2.46. The molecule has 31 heavy (non-hydrogen) atoms. The first-order valence-corrected chi connectivity index (χ1v) is 10.1. The van der Waals surface area contributed by atoms with Crippen LogP contribution in [0.2, 0.25) is 5.02 Å². The van der Waals surface area contributed by atoms with Crippen LogP contribution >= 0.6 is 11.6 Å². The average Bonchev–Trinajstić information content (AvgIpc) is 2.74. The van der Waals surface area contributed by atoms with Crippen LogP contribution in [0.15, 0.2) is 36.4 Å². The predicted octanol–water partition coefficient (Wildman–Crippen LogP) is 5.40. The van der Waals surface area contributed by atoms with Gasteiger partial charge in [0.15, 0.2) is 11.5 Å². The molecule has 0 saturated carbocycles. The van der Waals surface area contributed by atoms with E-state index < -0.39 is 34.8 Å². The van der Waals surface area contributed by atoms with Crippen molar-refractivity contribution in [3.63, 3.8) is 0 Å². The van der Waals surface area contributed by atoms with Crippen LogP contribution in [0.4, 0.5) is 13.2 Å². The number of nitrogens with zero attached hydrogens (tertiary/aromatic N) is 1. The fourth-order valence-electron chi connectivity index (χ4n) is 4.06. The van der Waals surface area contributed by atoms with Crippen LogP contribution in [0.25, 0.3) is 0 Å². The van der Waals surface area contributed by atoms with Gasteiger partial charge in [0.25, 0.3) is 0 Å². The van der Waals surface area contributed by atoms with Gasteiger partial charge in [0.2, 0.25) is 0 Å². The molecule has 0 radical (unpaired) electrons. The number of rotatable bonds is 6. The number of carboxylic acid groups (broad SMARTS) is 1. The van der Waals surface area contributed by atoms with Gasteiger partial charge in [-0.1, -0.05) is 30.2 Å². The molecule has 0 bridgehead atoms. The van der Waals surface area contributed by atoms with Crippen molar-refractivity contribution >= 4 is 17.6 Å². The van der Waals surface area contributed by atoms with Crippen molar-refractivity contribution in [2.75, 3.05) is 20.8 Å². The van der Waals surface area contributed by atoms with E-state index in [1.54, 1.807) is 23.1 Å². The molecule has 2 unspecified atom stereocenters. The van der Waals surface area contributed by atoms with E-state index in [0.29, 0.717) is 35.6 Å². The predicted molar refractivity (Wildman–Crippen MR) is 110 cm³/mol. The van der Waals surface area contributed by atoms with Crippen LogP contribution in [0.3, 0.4) is 0 Å². The fraction of sp³-hybridized carbons (Fsp3) is 0.409. The van der Waals surface area contributed by atoms with E-state index in [1.165, 1.54) is 26.4 Å². The summed E-state index contributed by atoms with van der Waals surface area (Å²) in [7, 11) is 2.94. The molecule has 1 aliphatic rings. The van der Waals surface area contributed by atoms with Gasteiger partial charge in [-0.05, 0) is 54.8 Å². The molecule has 0 spiro atoms. The number of methoxy groups -OCH3 is 2. The van der Waals surface area contributed by atoms with Crippen LogP contribution in [0.1, 0.15) is 42.0 Å². The second kappa shape index (κ2) is 9.36. The van der Waals surface area contributed by atoms with Gasteiger partial charge in [0.1, 0.15) is 6.04 Å². The molecule has 0 aliphatic carbocycles. The molecular formula is C22H23ClF3NO4. The minimum Gasteiger partial charge on any atom is -0.493 e. The third kappa shape index (κ3) is 4.91. The van der Waals surface area contributed by atoms with Gasteiger partial charge < -0.3 is 14.6 Å². The summed E-state index contributed by atoms with van der Waals surface area (Å²) in [6.07, 6.45) is -2.74. The molecule has 1 aliphatic heterocycles. The molecule has 0 aromatic heterocycles. The summed E-state index contributed by atoms with van der Waals surface area (Å²) < 4.78 is 51.2. The smallest absolute Gasteiger partial charge is 0.417 e. The largest absolute Gasteiger partial charge is 0.493 e. The first-order valence-electron chi connectivity index (χ1n) is 9.74. The van der Waals surface area contributed by atoms with Crippen molar-refractivity contribution in [2.45, 2.75) is 37.5 Å². The number of carbonyl (C=O) groups is 1. The van der Waals surface area contributed by atoms with Crippen LogP contribution in [-0.4, -0.2) is 42.8 Å². The number of alkyl halides is 3. The number of carboxylic acids is 1. The van der Waals surface area contributed by atoms with Crippen LogP contribution in [0, 0.1) is 0 Å². The van der Waals surface area contributed by atoms with Crippen LogP contribution in [-0.2, 0) is 11.0 Å². The molecule has 1 heterocycles. The minimum atomic E-state index is -4.64. The fourth-order valence-corrected chi connectivity index (χ4v) is 4.28. The summed E-state index contributed by atoms with van der Waals surface area (Å²) in [5, 5.41) is 9.37. The lowest BCUT2D eigenvalue weighted by Gasteiger charge is -2.40. The molecule has 0 amide bonds. The van der Waals surface area contributed by atoms with Gasteiger partial charge in [0, 0.05) is 0 Å². The van der Waals surface area contributed by atoms with Crippen molar-refractivity contribution in [1.82, 2.24) is 4.90 Å². The average molecular weight is 458 g/mol. The topological polar surface area (TPSA) is 59.0 Å². The normalized spacial score (nSPS) is 18.5. The molecule has 5 nitrogen and oxygen atoms in total. The summed E-state index contributed by atoms with van der Waals surface area (Å²) >= 11 is 5.82. The summed E-state index contributed by atoms with van der Waals surface area (Å²) in [6.45, 7) is 0.431. The molecule has 2 atom stereocenters. The van der Waals surface area contributed by atoms with E-state index in [1.807, 2.05) is 0 Å². The monoisotopic (exact) mass is 457 g/mol. The Morgan fingerprint density at radius 1 is 1.10 bits per heavy atom. The first-order chi connectivity index (χ1) is 14.7. The number of hydrogen-bond donors (Lipinski definition) is 1. The van der Waals surface area contributed by atoms with E-state index in [4.69, 9.17) is 21.1 Å². The Morgan fingerprint density at radius 2 is 1.74 bits per heavy atom. The van der Waals surface area contributed by atoms with Gasteiger partial charge in [-0.15, -0.1) is 0 Å². The highest BCUT2D eigenvalue weighted by Gasteiger charge is 2.38. The third-order valence-electron chi connectivity index (χ3n) is 5.50. The van der Waals surface area contributed by atoms with Crippen molar-refractivity contribution in [1.29, 1.82) is 0 Å². The standard InChI is InChI=1S/C22H23ClF3NO4/c1-30-18-9-7-14(12-19(18)31-2)20(27-10-4-3-5-17(27)21(28)29)13-6-8-16(23)15(11-13)22(24,25)26/h6-9,11-12,17,20H,3-5,10H2,1-2H3,(H,28,29). The zero-order valence-electron chi connectivity index (χ0n) is 17.1. The van der Waals surface area contributed by atoms with Crippen molar-refractivity contribution in [2.24, 2.45) is 0 Å². The summed E-state index contributed by atoms with van der Waals surface area (Å²) in [6, 6.07) is 7.18. The van der Waals surface area contributed by atoms with Gasteiger partial charge in [-0.25, -0.2) is 0 Å². The third-order valence-corrected chi connectivity index (χ3v) is 5.83. The molecule has 2 aromatic carbocycles. The number of aliphatic carboxylic acids is 1. The first kappa shape index (κ1) is 23.2. The Balaban J connectivity index is 2.19. The molecule has 3 rings (SSSR count). The lowest BCUT2D eigenvalue weighted by atomic mass is 9.90. The van der Waals surface area contributed by atoms with E-state index >= 15 is 0 Å². The second-order valence-electron chi connectivity index (χ2n) is 7.34. The van der Waals surface area contributed by atoms with E-state index in [0.717, 1.165) is 18.9 Å². The molecule has 168 valence electrons. The second-order valence-corrected chi connectivity index (χ2v) is 7.75. The van der Waals surface area contributed by atoms with E-state index in [2.05, 4.69) is 0 Å². The number of benzene rings is 2. The summed E-state index contributed by atoms with van der Waals surface area (Å²) in [5.74, 6) is -0.139. The highest BCUT2D eigenvalue weighted by Crippen LogP contribution is 2.41. The van der Waals surface area contributed by atoms with E-state index in [-0.39, 0.29) is 0 Å². The van der Waals surface area contributed by atoms with E-state index in [9.17, 15) is 23.1 Å². The van der Waals surface area contributed by atoms with Crippen LogP contribution < -0.4 is 9.47 Å². The Morgan fingerprint density at radius 3 is 2.35 bits per heavy atom. The van der Waals surface area contributed by atoms with Crippen molar-refractivity contribution < 1.29 is 32.5 Å². The summed E-state index contributed by atoms with van der Waals surface area (Å²) in [5.41, 5.74) is -0.0561. The van der Waals surface area contributed by atoms with Crippen molar-refractivity contribution in [3.05, 3.63) is 58.1 Å². The zero-order chi connectivity index (χ0) is 22.8. The summed E-state index contributed by atoms with van der Waals surface area (Å²) in [4.78, 5) is 13.7. The minimum absolute atomic E-state index is 0.303. The number of piperidine rings is 1. The Hall–Kier alpha value is -2.45. The van der Waals surface area contributed by atoms with Gasteiger partial charge in [0.05, 0.1) is 30.8 Å². The zero-order valence-corrected chi connectivity index (χ0v) is 17.8. The maximum Gasteiger partial charge on any atom is 0.417 e. The maximum absolute atomic E-state index is 13.5. The quantitative estimate of drug-likeness (QED) is 0.629. The molecule has 1 N–H and O–H groups in total. The Labute approximate surface area is 183 Å².